The van der Waals surface area contributed by atoms with E-state index in [0.717, 1.165) is 17.7 Å². The molecule has 3 rings (SSSR count). The molecule has 98 valence electrons. The fraction of sp³-hybridized carbons (Fsp3) is 0.214. The zero-order valence-corrected chi connectivity index (χ0v) is 11.1. The first-order chi connectivity index (χ1) is 9.25. The van der Waals surface area contributed by atoms with E-state index >= 15 is 0 Å². The van der Waals surface area contributed by atoms with E-state index in [2.05, 4.69) is 5.32 Å². The molecule has 2 heterocycles. The summed E-state index contributed by atoms with van der Waals surface area (Å²) in [4.78, 5) is 12.8. The van der Waals surface area contributed by atoms with Crippen LogP contribution in [0.2, 0.25) is 0 Å². The lowest BCUT2D eigenvalue weighted by Crippen LogP contribution is -2.32. The number of amides is 1. The Balaban J connectivity index is 1.82. The lowest BCUT2D eigenvalue weighted by atomic mass is 10.0. The van der Waals surface area contributed by atoms with Gasteiger partial charge in [0.15, 0.2) is 0 Å². The van der Waals surface area contributed by atoms with Crippen molar-refractivity contribution in [2.45, 2.75) is 12.5 Å². The number of carbonyl (C=O) groups excluding carboxylic acids is 1. The van der Waals surface area contributed by atoms with Gasteiger partial charge >= 0.3 is 0 Å². The number of ether oxygens (including phenoxy) is 1. The Bertz CT molecular complexity index is 609. The molecule has 0 bridgehead atoms. The van der Waals surface area contributed by atoms with Crippen molar-refractivity contribution in [1.29, 1.82) is 0 Å². The summed E-state index contributed by atoms with van der Waals surface area (Å²) >= 11 is 1.36. The summed E-state index contributed by atoms with van der Waals surface area (Å²) < 4.78 is 5.58. The highest BCUT2D eigenvalue weighted by atomic mass is 32.1. The van der Waals surface area contributed by atoms with Crippen molar-refractivity contribution < 1.29 is 9.53 Å². The van der Waals surface area contributed by atoms with Crippen molar-refractivity contribution in [1.82, 2.24) is 5.32 Å². The second-order valence-corrected chi connectivity index (χ2v) is 5.32. The molecular weight excluding hydrogens is 260 g/mol. The van der Waals surface area contributed by atoms with E-state index in [-0.39, 0.29) is 11.9 Å². The highest BCUT2D eigenvalue weighted by Gasteiger charge is 2.24. The normalized spacial score (nSPS) is 17.4. The van der Waals surface area contributed by atoms with E-state index in [0.29, 0.717) is 17.2 Å². The van der Waals surface area contributed by atoms with Gasteiger partial charge < -0.3 is 15.8 Å². The van der Waals surface area contributed by atoms with Gasteiger partial charge in [-0.15, -0.1) is 11.3 Å². The number of hydrogen-bond donors (Lipinski definition) is 2. The minimum Gasteiger partial charge on any atom is -0.493 e. The molecule has 0 spiro atoms. The maximum atomic E-state index is 12.2. The van der Waals surface area contributed by atoms with Gasteiger partial charge in [0.1, 0.15) is 10.6 Å². The molecule has 1 amide bonds. The zero-order chi connectivity index (χ0) is 13.2. The van der Waals surface area contributed by atoms with Gasteiger partial charge in [0.25, 0.3) is 5.91 Å². The first-order valence-electron chi connectivity index (χ1n) is 6.11. The zero-order valence-electron chi connectivity index (χ0n) is 10.3. The molecule has 2 aromatic rings. The largest absolute Gasteiger partial charge is 0.493 e. The summed E-state index contributed by atoms with van der Waals surface area (Å²) in [6.07, 6.45) is 0.772. The van der Waals surface area contributed by atoms with Crippen LogP contribution in [0.15, 0.2) is 35.7 Å². The highest BCUT2D eigenvalue weighted by Crippen LogP contribution is 2.32. The molecule has 0 saturated carbocycles. The predicted octanol–water partition coefficient (Wildman–Crippen LogP) is 2.58. The van der Waals surface area contributed by atoms with Crippen LogP contribution >= 0.6 is 11.3 Å². The van der Waals surface area contributed by atoms with Crippen molar-refractivity contribution >= 4 is 22.9 Å². The average Bonchev–Trinajstić information content (AvgIpc) is 2.85. The molecule has 1 unspecified atom stereocenters. The van der Waals surface area contributed by atoms with Crippen LogP contribution in [0.25, 0.3) is 0 Å². The monoisotopic (exact) mass is 274 g/mol. The first kappa shape index (κ1) is 12.0. The maximum Gasteiger partial charge on any atom is 0.263 e. The number of benzene rings is 1. The predicted molar refractivity (Wildman–Crippen MR) is 75.5 cm³/mol. The fourth-order valence-electron chi connectivity index (χ4n) is 2.22. The van der Waals surface area contributed by atoms with E-state index < -0.39 is 0 Å². The number of rotatable bonds is 2. The van der Waals surface area contributed by atoms with Gasteiger partial charge in [0.2, 0.25) is 0 Å². The van der Waals surface area contributed by atoms with Gasteiger partial charge in [-0.25, -0.2) is 0 Å². The quantitative estimate of drug-likeness (QED) is 0.884. The molecule has 1 aromatic heterocycles. The molecule has 0 aliphatic carbocycles. The van der Waals surface area contributed by atoms with Crippen LogP contribution in [0.3, 0.4) is 0 Å². The summed E-state index contributed by atoms with van der Waals surface area (Å²) in [5, 5.41) is 4.85. The molecule has 1 aliphatic rings. The van der Waals surface area contributed by atoms with Crippen LogP contribution < -0.4 is 15.8 Å². The van der Waals surface area contributed by atoms with E-state index in [1.807, 2.05) is 29.6 Å². The van der Waals surface area contributed by atoms with Gasteiger partial charge in [-0.3, -0.25) is 4.79 Å². The number of nitrogen functional groups attached to an aromatic ring is 1. The third-order valence-corrected chi connectivity index (χ3v) is 4.09. The number of hydrogen-bond acceptors (Lipinski definition) is 4. The van der Waals surface area contributed by atoms with Gasteiger partial charge in [-0.05, 0) is 17.5 Å². The molecule has 0 radical (unpaired) electrons. The number of nitrogens with one attached hydrogen (secondary N) is 1. The van der Waals surface area contributed by atoms with Crippen LogP contribution in [0.1, 0.15) is 27.7 Å². The number of para-hydroxylation sites is 1. The van der Waals surface area contributed by atoms with Crippen molar-refractivity contribution in [3.8, 4) is 5.75 Å². The Labute approximate surface area is 115 Å². The Morgan fingerprint density at radius 3 is 3.00 bits per heavy atom. The standard InChI is InChI=1S/C14H14N2O2S/c15-10-6-8-19-13(10)14(17)16-11-5-7-18-12-4-2-1-3-9(11)12/h1-4,6,8,11H,5,7,15H2,(H,16,17). The third kappa shape index (κ3) is 2.29. The third-order valence-electron chi connectivity index (χ3n) is 3.17. The van der Waals surface area contributed by atoms with Crippen LogP contribution in [-0.4, -0.2) is 12.5 Å². The SMILES string of the molecule is Nc1ccsc1C(=O)NC1CCOc2ccccc21. The van der Waals surface area contributed by atoms with Crippen LogP contribution in [0.5, 0.6) is 5.75 Å². The maximum absolute atomic E-state index is 12.2. The van der Waals surface area contributed by atoms with Gasteiger partial charge in [0, 0.05) is 12.0 Å². The molecule has 4 nitrogen and oxygen atoms in total. The Morgan fingerprint density at radius 2 is 2.21 bits per heavy atom. The van der Waals surface area contributed by atoms with Crippen molar-refractivity contribution in [3.05, 3.63) is 46.2 Å². The van der Waals surface area contributed by atoms with Crippen molar-refractivity contribution in [3.63, 3.8) is 0 Å². The Kier molecular flexibility index (Phi) is 3.13. The summed E-state index contributed by atoms with van der Waals surface area (Å²) in [5.74, 6) is 0.729. The number of anilines is 1. The molecular formula is C14H14N2O2S. The molecule has 0 saturated heterocycles. The van der Waals surface area contributed by atoms with E-state index in [4.69, 9.17) is 10.5 Å². The van der Waals surface area contributed by atoms with Crippen LogP contribution in [0, 0.1) is 0 Å². The Hall–Kier alpha value is -2.01. The average molecular weight is 274 g/mol. The van der Waals surface area contributed by atoms with E-state index in [1.54, 1.807) is 6.07 Å². The van der Waals surface area contributed by atoms with Gasteiger partial charge in [-0.1, -0.05) is 18.2 Å². The van der Waals surface area contributed by atoms with Crippen LogP contribution in [0.4, 0.5) is 5.69 Å². The first-order valence-corrected chi connectivity index (χ1v) is 6.99. The number of nitrogens with two attached hydrogens (primary N) is 1. The number of fused-ring (bicyclic) bond motifs is 1. The number of carbonyl (C=O) groups is 1. The van der Waals surface area contributed by atoms with Crippen molar-refractivity contribution in [2.24, 2.45) is 0 Å². The van der Waals surface area contributed by atoms with Crippen molar-refractivity contribution in [2.75, 3.05) is 12.3 Å². The summed E-state index contributed by atoms with van der Waals surface area (Å²) in [6.45, 7) is 0.613. The molecule has 5 heteroatoms. The minimum absolute atomic E-state index is 0.0149. The molecule has 3 N–H and O–H groups in total. The Morgan fingerprint density at radius 1 is 1.37 bits per heavy atom. The van der Waals surface area contributed by atoms with Gasteiger partial charge in [-0.2, -0.15) is 0 Å². The molecule has 1 atom stereocenters. The van der Waals surface area contributed by atoms with Gasteiger partial charge in [0.05, 0.1) is 18.3 Å². The summed E-state index contributed by atoms with van der Waals surface area (Å²) in [6, 6.07) is 9.52. The summed E-state index contributed by atoms with van der Waals surface area (Å²) in [7, 11) is 0. The summed E-state index contributed by atoms with van der Waals surface area (Å²) in [5.41, 5.74) is 7.32. The molecule has 1 aliphatic heterocycles. The molecule has 0 fully saturated rings. The molecule has 1 aromatic carbocycles. The lowest BCUT2D eigenvalue weighted by Gasteiger charge is -2.26. The lowest BCUT2D eigenvalue weighted by molar-refractivity contribution is 0.0930. The topological polar surface area (TPSA) is 64.4 Å². The fourth-order valence-corrected chi connectivity index (χ4v) is 2.94. The smallest absolute Gasteiger partial charge is 0.263 e. The van der Waals surface area contributed by atoms with Crippen LogP contribution in [-0.2, 0) is 0 Å². The second kappa shape index (κ2) is 4.93. The molecule has 19 heavy (non-hydrogen) atoms. The highest BCUT2D eigenvalue weighted by molar-refractivity contribution is 7.12. The van der Waals surface area contributed by atoms with E-state index in [9.17, 15) is 4.79 Å². The van der Waals surface area contributed by atoms with E-state index in [1.165, 1.54) is 11.3 Å². The number of thiophene rings is 1. The second-order valence-electron chi connectivity index (χ2n) is 4.41. The minimum atomic E-state index is -0.116.